The van der Waals surface area contributed by atoms with Gasteiger partial charge in [-0.15, -0.1) is 0 Å². The monoisotopic (exact) mass is 246 g/mol. The summed E-state index contributed by atoms with van der Waals surface area (Å²) in [5, 5.41) is 2.81. The second-order valence-electron chi connectivity index (χ2n) is 3.98. The molecule has 0 aliphatic rings. The van der Waals surface area contributed by atoms with Crippen LogP contribution in [0.5, 0.6) is 0 Å². The number of carbonyl (C=O) groups excluding carboxylic acids is 1. The van der Waals surface area contributed by atoms with Crippen molar-refractivity contribution >= 4 is 11.7 Å². The third-order valence-corrected chi connectivity index (χ3v) is 2.37. The average Bonchev–Trinajstić information content (AvgIpc) is 2.82. The summed E-state index contributed by atoms with van der Waals surface area (Å²) in [7, 11) is 0. The van der Waals surface area contributed by atoms with Gasteiger partial charge in [0.1, 0.15) is 17.3 Å². The van der Waals surface area contributed by atoms with Crippen LogP contribution in [0.15, 0.2) is 35.2 Å². The Morgan fingerprint density at radius 2 is 2.33 bits per heavy atom. The third-order valence-electron chi connectivity index (χ3n) is 2.37. The molecular weight excluding hydrogens is 232 g/mol. The minimum absolute atomic E-state index is 0.0528. The lowest BCUT2D eigenvalue weighted by atomic mass is 10.2. The number of hydrogen-bond donors (Lipinski definition) is 2. The molecule has 0 radical (unpaired) electrons. The maximum atomic E-state index is 11.8. The number of nitrogens with two attached hydrogens (primary N) is 1. The molecule has 2 rings (SSSR count). The van der Waals surface area contributed by atoms with Crippen LogP contribution in [0.1, 0.15) is 23.2 Å². The SMILES string of the molecule is CC(Cc1ccco1)NC(=O)c1cnc(N)cn1. The van der Waals surface area contributed by atoms with Crippen LogP contribution in [0.25, 0.3) is 0 Å². The molecule has 3 N–H and O–H groups in total. The molecule has 1 amide bonds. The Hall–Kier alpha value is -2.37. The van der Waals surface area contributed by atoms with Crippen molar-refractivity contribution in [2.45, 2.75) is 19.4 Å². The molecule has 94 valence electrons. The zero-order valence-electron chi connectivity index (χ0n) is 9.96. The number of carbonyl (C=O) groups is 1. The van der Waals surface area contributed by atoms with Crippen molar-refractivity contribution in [3.63, 3.8) is 0 Å². The third kappa shape index (κ3) is 3.07. The lowest BCUT2D eigenvalue weighted by Gasteiger charge is -2.11. The highest BCUT2D eigenvalue weighted by Gasteiger charge is 2.12. The highest BCUT2D eigenvalue weighted by atomic mass is 16.3. The van der Waals surface area contributed by atoms with Crippen LogP contribution in [-0.2, 0) is 6.42 Å². The minimum atomic E-state index is -0.276. The second kappa shape index (κ2) is 5.31. The van der Waals surface area contributed by atoms with Gasteiger partial charge in [0, 0.05) is 12.5 Å². The first-order valence-electron chi connectivity index (χ1n) is 5.56. The largest absolute Gasteiger partial charge is 0.469 e. The fourth-order valence-electron chi connectivity index (χ4n) is 1.53. The van der Waals surface area contributed by atoms with Gasteiger partial charge in [0.25, 0.3) is 5.91 Å². The molecule has 0 aromatic carbocycles. The lowest BCUT2D eigenvalue weighted by Crippen LogP contribution is -2.34. The standard InChI is InChI=1S/C12H14N4O2/c1-8(5-9-3-2-4-18-9)16-12(17)10-6-15-11(13)7-14-10/h2-4,6-8H,5H2,1H3,(H2,13,15)(H,16,17). The second-order valence-corrected chi connectivity index (χ2v) is 3.98. The average molecular weight is 246 g/mol. The zero-order chi connectivity index (χ0) is 13.0. The molecule has 0 spiro atoms. The number of nitrogens with zero attached hydrogens (tertiary/aromatic N) is 2. The van der Waals surface area contributed by atoms with Crippen molar-refractivity contribution in [3.8, 4) is 0 Å². The van der Waals surface area contributed by atoms with Gasteiger partial charge in [0.15, 0.2) is 0 Å². The topological polar surface area (TPSA) is 94.0 Å². The Labute approximate surface area is 104 Å². The number of nitrogen functional groups attached to an aromatic ring is 1. The van der Waals surface area contributed by atoms with Crippen LogP contribution in [0.4, 0.5) is 5.82 Å². The molecule has 0 bridgehead atoms. The van der Waals surface area contributed by atoms with E-state index in [4.69, 9.17) is 10.2 Å². The van der Waals surface area contributed by atoms with E-state index in [0.29, 0.717) is 6.42 Å². The first-order valence-corrected chi connectivity index (χ1v) is 5.56. The molecule has 6 nitrogen and oxygen atoms in total. The first-order chi connectivity index (χ1) is 8.65. The molecular formula is C12H14N4O2. The molecule has 0 fully saturated rings. The maximum Gasteiger partial charge on any atom is 0.271 e. The molecule has 1 atom stereocenters. The van der Waals surface area contributed by atoms with E-state index < -0.39 is 0 Å². The lowest BCUT2D eigenvalue weighted by molar-refractivity contribution is 0.0934. The predicted octanol–water partition coefficient (Wildman–Crippen LogP) is 1.01. The molecule has 1 unspecified atom stereocenters. The summed E-state index contributed by atoms with van der Waals surface area (Å²) in [5.74, 6) is 0.836. The number of nitrogens with one attached hydrogen (secondary N) is 1. The molecule has 18 heavy (non-hydrogen) atoms. The van der Waals surface area contributed by atoms with E-state index in [1.165, 1.54) is 12.4 Å². The Morgan fingerprint density at radius 3 is 2.94 bits per heavy atom. The van der Waals surface area contributed by atoms with Crippen LogP contribution in [-0.4, -0.2) is 21.9 Å². The summed E-state index contributed by atoms with van der Waals surface area (Å²) >= 11 is 0. The number of furan rings is 1. The van der Waals surface area contributed by atoms with Crippen molar-refractivity contribution < 1.29 is 9.21 Å². The molecule has 2 heterocycles. The summed E-state index contributed by atoms with van der Waals surface area (Å²) in [4.78, 5) is 19.5. The fraction of sp³-hybridized carbons (Fsp3) is 0.250. The highest BCUT2D eigenvalue weighted by Crippen LogP contribution is 2.04. The van der Waals surface area contributed by atoms with E-state index in [1.807, 2.05) is 19.1 Å². The molecule has 0 aliphatic heterocycles. The van der Waals surface area contributed by atoms with Gasteiger partial charge < -0.3 is 15.5 Å². The van der Waals surface area contributed by atoms with E-state index >= 15 is 0 Å². The van der Waals surface area contributed by atoms with Crippen LogP contribution >= 0.6 is 0 Å². The Kier molecular flexibility index (Phi) is 3.57. The number of anilines is 1. The van der Waals surface area contributed by atoms with Crippen molar-refractivity contribution in [3.05, 3.63) is 42.2 Å². The van der Waals surface area contributed by atoms with E-state index in [0.717, 1.165) is 5.76 Å². The van der Waals surface area contributed by atoms with Crippen molar-refractivity contribution in [2.24, 2.45) is 0 Å². The van der Waals surface area contributed by atoms with E-state index in [-0.39, 0.29) is 23.5 Å². The molecule has 0 saturated carbocycles. The predicted molar refractivity (Wildman–Crippen MR) is 65.8 cm³/mol. The van der Waals surface area contributed by atoms with E-state index in [9.17, 15) is 4.79 Å². The van der Waals surface area contributed by atoms with Gasteiger partial charge >= 0.3 is 0 Å². The molecule has 0 saturated heterocycles. The van der Waals surface area contributed by atoms with Gasteiger partial charge in [-0.2, -0.15) is 0 Å². The Bertz CT molecular complexity index is 507. The number of rotatable bonds is 4. The molecule has 2 aromatic heterocycles. The summed E-state index contributed by atoms with van der Waals surface area (Å²) in [6.45, 7) is 1.89. The summed E-state index contributed by atoms with van der Waals surface area (Å²) in [5.41, 5.74) is 5.65. The maximum absolute atomic E-state index is 11.8. The van der Waals surface area contributed by atoms with E-state index in [2.05, 4.69) is 15.3 Å². The molecule has 6 heteroatoms. The summed E-state index contributed by atoms with van der Waals surface area (Å²) in [6.07, 6.45) is 4.94. The van der Waals surface area contributed by atoms with E-state index in [1.54, 1.807) is 6.26 Å². The van der Waals surface area contributed by atoms with Crippen LogP contribution in [0.3, 0.4) is 0 Å². The highest BCUT2D eigenvalue weighted by molar-refractivity contribution is 5.92. The Balaban J connectivity index is 1.92. The smallest absolute Gasteiger partial charge is 0.271 e. The minimum Gasteiger partial charge on any atom is -0.469 e. The number of amides is 1. The van der Waals surface area contributed by atoms with Crippen molar-refractivity contribution in [1.29, 1.82) is 0 Å². The van der Waals surface area contributed by atoms with Gasteiger partial charge in [-0.3, -0.25) is 4.79 Å². The Morgan fingerprint density at radius 1 is 1.50 bits per heavy atom. The normalized spacial score (nSPS) is 12.1. The molecule has 0 aliphatic carbocycles. The fourth-order valence-corrected chi connectivity index (χ4v) is 1.53. The number of aromatic nitrogens is 2. The van der Waals surface area contributed by atoms with Crippen LogP contribution in [0.2, 0.25) is 0 Å². The first kappa shape index (κ1) is 12.1. The van der Waals surface area contributed by atoms with Crippen LogP contribution < -0.4 is 11.1 Å². The zero-order valence-corrected chi connectivity index (χ0v) is 9.96. The van der Waals surface area contributed by atoms with Crippen LogP contribution in [0, 0.1) is 0 Å². The molecule has 2 aromatic rings. The van der Waals surface area contributed by atoms with Gasteiger partial charge in [-0.05, 0) is 19.1 Å². The van der Waals surface area contributed by atoms with Gasteiger partial charge in [-0.25, -0.2) is 9.97 Å². The van der Waals surface area contributed by atoms with Gasteiger partial charge in [0.2, 0.25) is 0 Å². The van der Waals surface area contributed by atoms with Gasteiger partial charge in [0.05, 0.1) is 18.7 Å². The quantitative estimate of drug-likeness (QED) is 0.839. The number of hydrogen-bond acceptors (Lipinski definition) is 5. The summed E-state index contributed by atoms with van der Waals surface area (Å²) in [6, 6.07) is 3.63. The summed E-state index contributed by atoms with van der Waals surface area (Å²) < 4.78 is 5.21. The van der Waals surface area contributed by atoms with Gasteiger partial charge in [-0.1, -0.05) is 0 Å². The van der Waals surface area contributed by atoms with Crippen molar-refractivity contribution in [2.75, 3.05) is 5.73 Å². The van der Waals surface area contributed by atoms with Crippen molar-refractivity contribution in [1.82, 2.24) is 15.3 Å².